The van der Waals surface area contributed by atoms with Crippen LogP contribution in [0.25, 0.3) is 22.4 Å². The van der Waals surface area contributed by atoms with E-state index in [1.54, 1.807) is 30.9 Å². The van der Waals surface area contributed by atoms with Crippen molar-refractivity contribution in [2.45, 2.75) is 13.0 Å². The van der Waals surface area contributed by atoms with E-state index in [4.69, 9.17) is 14.2 Å². The number of halogens is 1. The molecule has 0 radical (unpaired) electrons. The number of hydrogen-bond donors (Lipinski definition) is 1. The Hall–Kier alpha value is -3.44. The lowest BCUT2D eigenvalue weighted by Crippen LogP contribution is -2.28. The minimum atomic E-state index is -0.362. The molecular weight excluding hydrogens is 464 g/mol. The number of phenols is 1. The van der Waals surface area contributed by atoms with E-state index in [9.17, 15) is 15.2 Å². The van der Waals surface area contributed by atoms with Crippen LogP contribution < -0.4 is 19.8 Å². The second kappa shape index (κ2) is 8.00. The van der Waals surface area contributed by atoms with Crippen molar-refractivity contribution in [2.24, 2.45) is 0 Å². The average molecular weight is 483 g/mol. The van der Waals surface area contributed by atoms with Crippen LogP contribution in [0, 0.1) is 11.3 Å². The molecule has 0 atom stereocenters. The van der Waals surface area contributed by atoms with E-state index in [2.05, 4.69) is 22.0 Å². The first-order valence-corrected chi connectivity index (χ1v) is 10.2. The van der Waals surface area contributed by atoms with Crippen molar-refractivity contribution in [3.8, 4) is 51.5 Å². The lowest BCUT2D eigenvalue weighted by Gasteiger charge is -2.24. The Balaban J connectivity index is 2.03. The molecule has 0 bridgehead atoms. The second-order valence-electron chi connectivity index (χ2n) is 7.01. The van der Waals surface area contributed by atoms with Crippen molar-refractivity contribution in [1.29, 1.82) is 5.26 Å². The maximum atomic E-state index is 13.2. The fourth-order valence-electron chi connectivity index (χ4n) is 3.91. The highest BCUT2D eigenvalue weighted by atomic mass is 79.9. The smallest absolute Gasteiger partial charge is 0.269 e. The van der Waals surface area contributed by atoms with E-state index in [1.165, 1.54) is 7.11 Å². The van der Waals surface area contributed by atoms with Crippen LogP contribution in [-0.2, 0) is 13.0 Å². The zero-order valence-corrected chi connectivity index (χ0v) is 18.7. The molecule has 1 aliphatic heterocycles. The van der Waals surface area contributed by atoms with Crippen molar-refractivity contribution in [3.63, 3.8) is 0 Å². The highest BCUT2D eigenvalue weighted by Crippen LogP contribution is 2.42. The molecule has 8 heteroatoms. The summed E-state index contributed by atoms with van der Waals surface area (Å²) < 4.78 is 18.1. The molecule has 31 heavy (non-hydrogen) atoms. The van der Waals surface area contributed by atoms with E-state index < -0.39 is 0 Å². The predicted octanol–water partition coefficient (Wildman–Crippen LogP) is 4.10. The van der Waals surface area contributed by atoms with Gasteiger partial charge in [0.1, 0.15) is 11.6 Å². The minimum Gasteiger partial charge on any atom is -0.503 e. The molecule has 0 spiro atoms. The first kappa shape index (κ1) is 20.8. The predicted molar refractivity (Wildman–Crippen MR) is 119 cm³/mol. The molecule has 7 nitrogen and oxygen atoms in total. The molecule has 0 aliphatic carbocycles. The molecule has 0 saturated carbocycles. The number of aromatic hydroxyl groups is 1. The zero-order valence-electron chi connectivity index (χ0n) is 17.2. The lowest BCUT2D eigenvalue weighted by molar-refractivity contribution is 0.354. The SMILES string of the molecule is COc1cc2c(cc1OC)-c1cc(-c3cc(Br)c(O)c(OC)c3)c(C#N)c(=O)n1CC2. The number of hydrogen-bond acceptors (Lipinski definition) is 6. The molecule has 4 rings (SSSR count). The van der Waals surface area contributed by atoms with Crippen molar-refractivity contribution < 1.29 is 19.3 Å². The maximum Gasteiger partial charge on any atom is 0.269 e. The monoisotopic (exact) mass is 482 g/mol. The van der Waals surface area contributed by atoms with E-state index in [0.717, 1.165) is 11.1 Å². The van der Waals surface area contributed by atoms with Crippen molar-refractivity contribution in [1.82, 2.24) is 4.57 Å². The fourth-order valence-corrected chi connectivity index (χ4v) is 4.35. The number of nitriles is 1. The van der Waals surface area contributed by atoms with Crippen LogP contribution in [-0.4, -0.2) is 31.0 Å². The van der Waals surface area contributed by atoms with Gasteiger partial charge in [0.25, 0.3) is 5.56 Å². The van der Waals surface area contributed by atoms with Crippen LogP contribution in [0.1, 0.15) is 11.1 Å². The summed E-state index contributed by atoms with van der Waals surface area (Å²) in [6.45, 7) is 0.453. The molecule has 0 amide bonds. The van der Waals surface area contributed by atoms with Crippen LogP contribution in [0.3, 0.4) is 0 Å². The second-order valence-corrected chi connectivity index (χ2v) is 7.86. The number of benzene rings is 2. The van der Waals surface area contributed by atoms with Crippen molar-refractivity contribution >= 4 is 15.9 Å². The molecule has 2 heterocycles. The number of aromatic nitrogens is 1. The van der Waals surface area contributed by atoms with Crippen LogP contribution >= 0.6 is 15.9 Å². The van der Waals surface area contributed by atoms with Gasteiger partial charge in [0, 0.05) is 17.7 Å². The van der Waals surface area contributed by atoms with E-state index in [0.29, 0.717) is 45.8 Å². The summed E-state index contributed by atoms with van der Waals surface area (Å²) in [7, 11) is 4.58. The van der Waals surface area contributed by atoms with Gasteiger partial charge in [-0.15, -0.1) is 0 Å². The highest BCUT2D eigenvalue weighted by Gasteiger charge is 2.25. The van der Waals surface area contributed by atoms with E-state index >= 15 is 0 Å². The molecule has 1 aliphatic rings. The summed E-state index contributed by atoms with van der Waals surface area (Å²) in [5, 5.41) is 19.9. The molecule has 3 aromatic rings. The van der Waals surface area contributed by atoms with Gasteiger partial charge in [0.15, 0.2) is 23.0 Å². The Morgan fingerprint density at radius 3 is 2.32 bits per heavy atom. The molecule has 2 aromatic carbocycles. The van der Waals surface area contributed by atoms with Crippen LogP contribution in [0.2, 0.25) is 0 Å². The van der Waals surface area contributed by atoms with Gasteiger partial charge >= 0.3 is 0 Å². The number of fused-ring (bicyclic) bond motifs is 3. The molecule has 0 saturated heterocycles. The van der Waals surface area contributed by atoms with Gasteiger partial charge in [-0.05, 0) is 63.8 Å². The zero-order chi connectivity index (χ0) is 22.3. The summed E-state index contributed by atoms with van der Waals surface area (Å²) >= 11 is 3.31. The van der Waals surface area contributed by atoms with Crippen molar-refractivity contribution in [2.75, 3.05) is 21.3 Å². The van der Waals surface area contributed by atoms with Crippen LogP contribution in [0.5, 0.6) is 23.0 Å². The normalized spacial score (nSPS) is 11.8. The third kappa shape index (κ3) is 3.31. The third-order valence-electron chi connectivity index (χ3n) is 5.46. The van der Waals surface area contributed by atoms with Gasteiger partial charge < -0.3 is 23.9 Å². The van der Waals surface area contributed by atoms with Gasteiger partial charge in [-0.3, -0.25) is 4.79 Å². The quantitative estimate of drug-likeness (QED) is 0.601. The highest BCUT2D eigenvalue weighted by molar-refractivity contribution is 9.10. The van der Waals surface area contributed by atoms with Gasteiger partial charge in [-0.2, -0.15) is 5.26 Å². The van der Waals surface area contributed by atoms with Gasteiger partial charge in [-0.1, -0.05) is 0 Å². The van der Waals surface area contributed by atoms with Gasteiger partial charge in [0.05, 0.1) is 31.5 Å². The maximum absolute atomic E-state index is 13.2. The Morgan fingerprint density at radius 1 is 1.00 bits per heavy atom. The molecule has 158 valence electrons. The largest absolute Gasteiger partial charge is 0.503 e. The first-order chi connectivity index (χ1) is 14.9. The topological polar surface area (TPSA) is 93.7 Å². The summed E-state index contributed by atoms with van der Waals surface area (Å²) in [5.41, 5.74) is 3.26. The van der Waals surface area contributed by atoms with Crippen LogP contribution in [0.15, 0.2) is 39.6 Å². The minimum absolute atomic E-state index is 0.0346. The summed E-state index contributed by atoms with van der Waals surface area (Å²) in [5.74, 6) is 1.36. The Bertz CT molecular complexity index is 1310. The number of nitrogens with zero attached hydrogens (tertiary/aromatic N) is 2. The summed E-state index contributed by atoms with van der Waals surface area (Å²) in [6, 6.07) is 10.9. The number of aryl methyl sites for hydroxylation is 1. The number of pyridine rings is 1. The molecule has 0 unspecified atom stereocenters. The first-order valence-electron chi connectivity index (χ1n) is 9.43. The summed E-state index contributed by atoms with van der Waals surface area (Å²) in [4.78, 5) is 13.2. The van der Waals surface area contributed by atoms with Crippen LogP contribution in [0.4, 0.5) is 0 Å². The Morgan fingerprint density at radius 2 is 1.68 bits per heavy atom. The Kier molecular flexibility index (Phi) is 5.38. The van der Waals surface area contributed by atoms with E-state index in [1.807, 2.05) is 18.2 Å². The third-order valence-corrected chi connectivity index (χ3v) is 6.07. The molecule has 1 N–H and O–H groups in total. The Labute approximate surface area is 187 Å². The number of phenolic OH excluding ortho intramolecular Hbond substituents is 1. The summed E-state index contributed by atoms with van der Waals surface area (Å²) in [6.07, 6.45) is 0.630. The molecule has 0 fully saturated rings. The average Bonchev–Trinajstić information content (AvgIpc) is 2.79. The number of rotatable bonds is 4. The standard InChI is InChI=1S/C23H19BrN2O5/c1-29-19-7-12-4-5-26-18(15(12)10-20(19)30-2)9-14(16(11-25)23(26)28)13-6-17(24)22(27)21(8-13)31-3/h6-10,27H,4-5H2,1-3H3. The molecule has 1 aromatic heterocycles. The van der Waals surface area contributed by atoms with Crippen molar-refractivity contribution in [3.05, 3.63) is 56.3 Å². The van der Waals surface area contributed by atoms with Gasteiger partial charge in [-0.25, -0.2) is 0 Å². The number of methoxy groups -OCH3 is 3. The van der Waals surface area contributed by atoms with Gasteiger partial charge in [0.2, 0.25) is 0 Å². The van der Waals surface area contributed by atoms with E-state index in [-0.39, 0.29) is 22.6 Å². The molecular formula is C23H19BrN2O5. The lowest BCUT2D eigenvalue weighted by atomic mass is 9.92. The fraction of sp³-hybridized carbons (Fsp3) is 0.217. The number of ether oxygens (including phenoxy) is 3.